The average Bonchev–Trinajstić information content (AvgIpc) is 2.85. The number of ether oxygens (including phenoxy) is 2. The van der Waals surface area contributed by atoms with Gasteiger partial charge in [-0.1, -0.05) is 12.1 Å². The van der Waals surface area contributed by atoms with Gasteiger partial charge in [-0.3, -0.25) is 9.69 Å². The molecule has 0 bridgehead atoms. The van der Waals surface area contributed by atoms with E-state index in [1.807, 2.05) is 13.0 Å². The Morgan fingerprint density at radius 1 is 1.45 bits per heavy atom. The molecule has 0 spiro atoms. The first-order valence-electron chi connectivity index (χ1n) is 7.05. The molecule has 0 aromatic heterocycles. The second kappa shape index (κ2) is 5.42. The highest BCUT2D eigenvalue weighted by molar-refractivity contribution is 5.80. The minimum atomic E-state index is -0.353. The number of primary amides is 1. The Kier molecular flexibility index (Phi) is 3.63. The van der Waals surface area contributed by atoms with Gasteiger partial charge in [-0.25, -0.2) is 0 Å². The monoisotopic (exact) mass is 276 g/mol. The number of amides is 1. The number of fused-ring (bicyclic) bond motifs is 1. The normalized spacial score (nSPS) is 26.1. The second-order valence-electron chi connectivity index (χ2n) is 5.43. The maximum atomic E-state index is 11.6. The molecule has 1 fully saturated rings. The van der Waals surface area contributed by atoms with E-state index in [4.69, 9.17) is 15.2 Å². The van der Waals surface area contributed by atoms with Crippen molar-refractivity contribution in [2.75, 3.05) is 19.8 Å². The molecular weight excluding hydrogens is 256 g/mol. The van der Waals surface area contributed by atoms with Crippen LogP contribution in [0.2, 0.25) is 0 Å². The predicted molar refractivity (Wildman–Crippen MR) is 74.4 cm³/mol. The highest BCUT2D eigenvalue weighted by atomic mass is 16.5. The third kappa shape index (κ3) is 2.51. The van der Waals surface area contributed by atoms with Crippen LogP contribution in [0.25, 0.3) is 0 Å². The summed E-state index contributed by atoms with van der Waals surface area (Å²) in [5.41, 5.74) is 7.95. The summed E-state index contributed by atoms with van der Waals surface area (Å²) in [6.45, 7) is 4.74. The van der Waals surface area contributed by atoms with Gasteiger partial charge in [0.25, 0.3) is 0 Å². The van der Waals surface area contributed by atoms with E-state index in [0.29, 0.717) is 13.2 Å². The zero-order valence-electron chi connectivity index (χ0n) is 11.7. The summed E-state index contributed by atoms with van der Waals surface area (Å²) in [4.78, 5) is 13.7. The number of hydrogen-bond donors (Lipinski definition) is 1. The fraction of sp³-hybridized carbons (Fsp3) is 0.533. The minimum absolute atomic E-state index is 0.154. The maximum absolute atomic E-state index is 11.6. The molecule has 108 valence electrons. The van der Waals surface area contributed by atoms with E-state index in [9.17, 15) is 4.79 Å². The lowest BCUT2D eigenvalue weighted by Gasteiger charge is -2.37. The lowest BCUT2D eigenvalue weighted by Crippen LogP contribution is -2.56. The average molecular weight is 276 g/mol. The molecule has 1 aromatic carbocycles. The van der Waals surface area contributed by atoms with Crippen LogP contribution in [-0.2, 0) is 22.5 Å². The van der Waals surface area contributed by atoms with Crippen LogP contribution in [0.15, 0.2) is 18.2 Å². The van der Waals surface area contributed by atoms with Crippen LogP contribution in [-0.4, -0.2) is 42.7 Å². The largest absolute Gasteiger partial charge is 0.493 e. The van der Waals surface area contributed by atoms with E-state index in [1.165, 1.54) is 11.1 Å². The summed E-state index contributed by atoms with van der Waals surface area (Å²) in [6, 6.07) is 5.89. The Morgan fingerprint density at radius 3 is 3.10 bits per heavy atom. The van der Waals surface area contributed by atoms with Crippen LogP contribution in [0.3, 0.4) is 0 Å². The van der Waals surface area contributed by atoms with Crippen molar-refractivity contribution in [1.29, 1.82) is 0 Å². The summed E-state index contributed by atoms with van der Waals surface area (Å²) in [6.07, 6.45) is 0.807. The van der Waals surface area contributed by atoms with Gasteiger partial charge < -0.3 is 15.2 Å². The molecule has 3 rings (SSSR count). The molecule has 0 aliphatic carbocycles. The fourth-order valence-corrected chi connectivity index (χ4v) is 3.04. The van der Waals surface area contributed by atoms with Gasteiger partial charge in [-0.2, -0.15) is 0 Å². The van der Waals surface area contributed by atoms with Crippen LogP contribution in [0.1, 0.15) is 18.1 Å². The first-order valence-corrected chi connectivity index (χ1v) is 7.05. The summed E-state index contributed by atoms with van der Waals surface area (Å²) in [5.74, 6) is 0.664. The van der Waals surface area contributed by atoms with Gasteiger partial charge in [0.05, 0.1) is 19.3 Å². The van der Waals surface area contributed by atoms with Crippen LogP contribution in [0, 0.1) is 0 Å². The van der Waals surface area contributed by atoms with Gasteiger partial charge in [-0.05, 0) is 24.1 Å². The van der Waals surface area contributed by atoms with E-state index >= 15 is 0 Å². The molecule has 0 saturated carbocycles. The van der Waals surface area contributed by atoms with Crippen LogP contribution < -0.4 is 10.5 Å². The molecule has 2 aliphatic heterocycles. The van der Waals surface area contributed by atoms with Gasteiger partial charge >= 0.3 is 0 Å². The number of carbonyl (C=O) groups excluding carboxylic acids is 1. The molecule has 2 heterocycles. The minimum Gasteiger partial charge on any atom is -0.493 e. The van der Waals surface area contributed by atoms with E-state index in [1.54, 1.807) is 0 Å². The highest BCUT2D eigenvalue weighted by Gasteiger charge is 2.33. The van der Waals surface area contributed by atoms with E-state index in [-0.39, 0.29) is 18.1 Å². The van der Waals surface area contributed by atoms with Crippen molar-refractivity contribution in [2.45, 2.75) is 32.0 Å². The number of hydrogen-bond acceptors (Lipinski definition) is 4. The van der Waals surface area contributed by atoms with Crippen LogP contribution >= 0.6 is 0 Å². The molecule has 5 heteroatoms. The Morgan fingerprint density at radius 2 is 2.30 bits per heavy atom. The van der Waals surface area contributed by atoms with Gasteiger partial charge in [0, 0.05) is 19.5 Å². The Hall–Kier alpha value is -1.59. The highest BCUT2D eigenvalue weighted by Crippen LogP contribution is 2.27. The number of carbonyl (C=O) groups is 1. The van der Waals surface area contributed by atoms with Gasteiger partial charge in [0.1, 0.15) is 11.8 Å². The van der Waals surface area contributed by atoms with Gasteiger partial charge in [0.15, 0.2) is 0 Å². The number of nitrogens with two attached hydrogens (primary N) is 1. The molecule has 0 unspecified atom stereocenters. The number of benzene rings is 1. The molecule has 5 nitrogen and oxygen atoms in total. The first kappa shape index (κ1) is 13.4. The molecule has 2 N–H and O–H groups in total. The standard InChI is InChI=1S/C15H20N2O3/c1-10-14(15(16)18)17(5-7-19-10)9-11-2-3-13-12(8-11)4-6-20-13/h2-3,8,10,14H,4-7,9H2,1H3,(H2,16,18)/t10-,14+/m1/s1. The van der Waals surface area contributed by atoms with Crippen LogP contribution in [0.4, 0.5) is 0 Å². The van der Waals surface area contributed by atoms with Gasteiger partial charge in [0.2, 0.25) is 5.91 Å². The zero-order valence-corrected chi connectivity index (χ0v) is 11.7. The molecule has 1 amide bonds. The second-order valence-corrected chi connectivity index (χ2v) is 5.43. The molecule has 2 atom stereocenters. The van der Waals surface area contributed by atoms with Crippen molar-refractivity contribution < 1.29 is 14.3 Å². The molecule has 1 aromatic rings. The maximum Gasteiger partial charge on any atom is 0.237 e. The summed E-state index contributed by atoms with van der Waals surface area (Å²) < 4.78 is 11.0. The first-order chi connectivity index (χ1) is 9.65. The van der Waals surface area contributed by atoms with Crippen molar-refractivity contribution in [3.63, 3.8) is 0 Å². The topological polar surface area (TPSA) is 64.8 Å². The van der Waals surface area contributed by atoms with Gasteiger partial charge in [-0.15, -0.1) is 0 Å². The molecule has 1 saturated heterocycles. The van der Waals surface area contributed by atoms with Crippen LogP contribution in [0.5, 0.6) is 5.75 Å². The van der Waals surface area contributed by atoms with Crippen molar-refractivity contribution in [2.24, 2.45) is 5.73 Å². The Bertz CT molecular complexity index is 518. The number of nitrogens with zero attached hydrogens (tertiary/aromatic N) is 1. The fourth-order valence-electron chi connectivity index (χ4n) is 3.04. The predicted octanol–water partition coefficient (Wildman–Crippen LogP) is 0.696. The van der Waals surface area contributed by atoms with Crippen molar-refractivity contribution in [3.05, 3.63) is 29.3 Å². The molecular formula is C15H20N2O3. The number of morpholine rings is 1. The van der Waals surface area contributed by atoms with E-state index in [0.717, 1.165) is 25.3 Å². The van der Waals surface area contributed by atoms with E-state index < -0.39 is 0 Å². The third-order valence-corrected chi connectivity index (χ3v) is 4.03. The summed E-state index contributed by atoms with van der Waals surface area (Å²) in [7, 11) is 0. The Labute approximate surface area is 118 Å². The molecule has 2 aliphatic rings. The lowest BCUT2D eigenvalue weighted by atomic mass is 10.0. The van der Waals surface area contributed by atoms with Crippen molar-refractivity contribution in [1.82, 2.24) is 4.90 Å². The van der Waals surface area contributed by atoms with Crippen molar-refractivity contribution in [3.8, 4) is 5.75 Å². The smallest absolute Gasteiger partial charge is 0.237 e. The summed E-state index contributed by atoms with van der Waals surface area (Å²) in [5, 5.41) is 0. The van der Waals surface area contributed by atoms with E-state index in [2.05, 4.69) is 17.0 Å². The summed E-state index contributed by atoms with van der Waals surface area (Å²) >= 11 is 0. The SMILES string of the molecule is C[C@H]1OCCN(Cc2ccc3c(c2)CCO3)[C@@H]1C(N)=O. The Balaban J connectivity index is 1.77. The zero-order chi connectivity index (χ0) is 14.1. The van der Waals surface area contributed by atoms with Crippen molar-refractivity contribution >= 4 is 5.91 Å². The number of rotatable bonds is 3. The molecule has 20 heavy (non-hydrogen) atoms. The lowest BCUT2D eigenvalue weighted by molar-refractivity contribution is -0.136. The molecule has 0 radical (unpaired) electrons. The quantitative estimate of drug-likeness (QED) is 0.882. The third-order valence-electron chi connectivity index (χ3n) is 4.03.